The van der Waals surface area contributed by atoms with Gasteiger partial charge in [-0.05, 0) is 31.4 Å². The van der Waals surface area contributed by atoms with Crippen LogP contribution in [0.1, 0.15) is 34.5 Å². The predicted molar refractivity (Wildman–Crippen MR) is 115 cm³/mol. The Balaban J connectivity index is 1.55. The molecule has 0 spiro atoms. The maximum atomic E-state index is 12.9. The topological polar surface area (TPSA) is 101 Å². The molecule has 0 saturated heterocycles. The second kappa shape index (κ2) is 10.3. The molecule has 2 N–H and O–H groups in total. The number of carbonyl (C=O) groups excluding carboxylic acids is 3. The summed E-state index contributed by atoms with van der Waals surface area (Å²) in [5, 5.41) is 7.63. The molecule has 1 saturated carbocycles. The van der Waals surface area contributed by atoms with E-state index in [0.29, 0.717) is 29.5 Å². The van der Waals surface area contributed by atoms with Crippen LogP contribution in [0.4, 0.5) is 5.13 Å². The number of aromatic nitrogens is 1. The van der Waals surface area contributed by atoms with Gasteiger partial charge in [0, 0.05) is 30.6 Å². The molecule has 8 nitrogen and oxygen atoms in total. The molecular weight excluding hydrogens is 404 g/mol. The summed E-state index contributed by atoms with van der Waals surface area (Å²) in [6, 6.07) is 7.49. The largest absolute Gasteiger partial charge is 0.383 e. The van der Waals surface area contributed by atoms with E-state index in [2.05, 4.69) is 15.6 Å². The summed E-state index contributed by atoms with van der Waals surface area (Å²) in [6.07, 6.45) is 1.95. The summed E-state index contributed by atoms with van der Waals surface area (Å²) in [5.74, 6) is -0.577. The maximum Gasteiger partial charge on any atom is 0.254 e. The van der Waals surface area contributed by atoms with Gasteiger partial charge in [-0.25, -0.2) is 4.98 Å². The summed E-state index contributed by atoms with van der Waals surface area (Å²) in [5.41, 5.74) is 2.09. The second-order valence-corrected chi connectivity index (χ2v) is 8.05. The SMILES string of the molecule is COCCNC(=O)Cc1csc(NC(=O)CN(C(=O)c2ccccc2C)C2CC2)n1. The van der Waals surface area contributed by atoms with E-state index < -0.39 is 0 Å². The average molecular weight is 431 g/mol. The van der Waals surface area contributed by atoms with Gasteiger partial charge < -0.3 is 20.3 Å². The minimum atomic E-state index is -0.297. The number of amides is 3. The second-order valence-electron chi connectivity index (χ2n) is 7.19. The van der Waals surface area contributed by atoms with E-state index in [4.69, 9.17) is 4.74 Å². The van der Waals surface area contributed by atoms with E-state index in [1.165, 1.54) is 11.3 Å². The van der Waals surface area contributed by atoms with Crippen molar-refractivity contribution in [2.24, 2.45) is 0 Å². The molecule has 1 aromatic heterocycles. The number of benzene rings is 1. The molecule has 3 rings (SSSR count). The third kappa shape index (κ3) is 6.11. The molecule has 0 bridgehead atoms. The zero-order valence-electron chi connectivity index (χ0n) is 17.1. The van der Waals surface area contributed by atoms with Crippen molar-refractivity contribution in [1.82, 2.24) is 15.2 Å². The van der Waals surface area contributed by atoms with Gasteiger partial charge in [-0.3, -0.25) is 14.4 Å². The maximum absolute atomic E-state index is 12.9. The standard InChI is InChI=1S/C21H26N4O4S/c1-14-5-3-4-6-17(14)20(28)25(16-7-8-16)12-19(27)24-21-23-15(13-30-21)11-18(26)22-9-10-29-2/h3-6,13,16H,7-12H2,1-2H3,(H,22,26)(H,23,24,27). The van der Waals surface area contributed by atoms with E-state index in [-0.39, 0.29) is 36.7 Å². The Bertz CT molecular complexity index is 910. The van der Waals surface area contributed by atoms with E-state index in [1.54, 1.807) is 23.5 Å². The summed E-state index contributed by atoms with van der Waals surface area (Å²) in [7, 11) is 1.57. The number of aryl methyl sites for hydroxylation is 1. The molecule has 0 radical (unpaired) electrons. The van der Waals surface area contributed by atoms with Crippen molar-refractivity contribution >= 4 is 34.2 Å². The van der Waals surface area contributed by atoms with Gasteiger partial charge in [0.15, 0.2) is 5.13 Å². The van der Waals surface area contributed by atoms with Gasteiger partial charge in [0.2, 0.25) is 11.8 Å². The van der Waals surface area contributed by atoms with E-state index in [1.807, 2.05) is 25.1 Å². The lowest BCUT2D eigenvalue weighted by molar-refractivity contribution is -0.120. The fourth-order valence-electron chi connectivity index (χ4n) is 3.00. The lowest BCUT2D eigenvalue weighted by Crippen LogP contribution is -2.39. The van der Waals surface area contributed by atoms with Crippen LogP contribution in [0.5, 0.6) is 0 Å². The normalized spacial score (nSPS) is 13.0. The summed E-state index contributed by atoms with van der Waals surface area (Å²) in [6.45, 7) is 2.75. The number of anilines is 1. The molecule has 2 aromatic rings. The first-order chi connectivity index (χ1) is 14.5. The Morgan fingerprint density at radius 1 is 1.23 bits per heavy atom. The van der Waals surface area contributed by atoms with Gasteiger partial charge in [0.25, 0.3) is 5.91 Å². The monoisotopic (exact) mass is 430 g/mol. The number of nitrogens with one attached hydrogen (secondary N) is 2. The highest BCUT2D eigenvalue weighted by Crippen LogP contribution is 2.29. The van der Waals surface area contributed by atoms with Gasteiger partial charge in [-0.2, -0.15) is 0 Å². The first-order valence-corrected chi connectivity index (χ1v) is 10.7. The van der Waals surface area contributed by atoms with Crippen molar-refractivity contribution in [2.45, 2.75) is 32.2 Å². The Morgan fingerprint density at radius 3 is 2.70 bits per heavy atom. The van der Waals surface area contributed by atoms with E-state index in [0.717, 1.165) is 18.4 Å². The van der Waals surface area contributed by atoms with Crippen molar-refractivity contribution in [3.63, 3.8) is 0 Å². The molecule has 30 heavy (non-hydrogen) atoms. The fraction of sp³-hybridized carbons (Fsp3) is 0.429. The number of nitrogens with zero attached hydrogens (tertiary/aromatic N) is 2. The van der Waals surface area contributed by atoms with Crippen LogP contribution in [-0.4, -0.2) is 60.5 Å². The molecule has 0 aliphatic heterocycles. The Kier molecular flexibility index (Phi) is 7.53. The van der Waals surface area contributed by atoms with Crippen molar-refractivity contribution in [1.29, 1.82) is 0 Å². The third-order valence-corrected chi connectivity index (χ3v) is 5.51. The average Bonchev–Trinajstić information content (AvgIpc) is 3.47. The molecule has 9 heteroatoms. The summed E-state index contributed by atoms with van der Waals surface area (Å²) >= 11 is 1.26. The number of hydrogen-bond donors (Lipinski definition) is 2. The van der Waals surface area contributed by atoms with Crippen LogP contribution < -0.4 is 10.6 Å². The Hall–Kier alpha value is -2.78. The number of ether oxygens (including phenoxy) is 1. The quantitative estimate of drug-likeness (QED) is 0.562. The molecule has 1 fully saturated rings. The predicted octanol–water partition coefficient (Wildman–Crippen LogP) is 2.00. The Labute approximate surface area is 179 Å². The molecule has 1 aliphatic carbocycles. The minimum Gasteiger partial charge on any atom is -0.383 e. The molecule has 1 heterocycles. The van der Waals surface area contributed by atoms with Crippen molar-refractivity contribution in [3.8, 4) is 0 Å². The highest BCUT2D eigenvalue weighted by Gasteiger charge is 2.34. The van der Waals surface area contributed by atoms with Gasteiger partial charge in [0.05, 0.1) is 18.7 Å². The van der Waals surface area contributed by atoms with Crippen LogP contribution >= 0.6 is 11.3 Å². The van der Waals surface area contributed by atoms with Crippen molar-refractivity contribution in [2.75, 3.05) is 32.1 Å². The van der Waals surface area contributed by atoms with Gasteiger partial charge in [0.1, 0.15) is 6.54 Å². The first kappa shape index (κ1) is 21.9. The van der Waals surface area contributed by atoms with Crippen LogP contribution in [0.2, 0.25) is 0 Å². The number of methoxy groups -OCH3 is 1. The highest BCUT2D eigenvalue weighted by molar-refractivity contribution is 7.13. The molecule has 0 atom stereocenters. The highest BCUT2D eigenvalue weighted by atomic mass is 32.1. The molecule has 1 aliphatic rings. The minimum absolute atomic E-state index is 0.0236. The third-order valence-electron chi connectivity index (χ3n) is 4.71. The molecule has 1 aromatic carbocycles. The molecular formula is C21H26N4O4S. The van der Waals surface area contributed by atoms with Crippen LogP contribution in [-0.2, 0) is 20.7 Å². The van der Waals surface area contributed by atoms with E-state index in [9.17, 15) is 14.4 Å². The van der Waals surface area contributed by atoms with Gasteiger partial charge in [-0.1, -0.05) is 18.2 Å². The molecule has 0 unspecified atom stereocenters. The lowest BCUT2D eigenvalue weighted by atomic mass is 10.1. The summed E-state index contributed by atoms with van der Waals surface area (Å²) in [4.78, 5) is 43.3. The van der Waals surface area contributed by atoms with E-state index >= 15 is 0 Å². The lowest BCUT2D eigenvalue weighted by Gasteiger charge is -2.22. The molecule has 160 valence electrons. The van der Waals surface area contributed by atoms with Gasteiger partial charge in [-0.15, -0.1) is 11.3 Å². The van der Waals surface area contributed by atoms with Crippen LogP contribution in [0.25, 0.3) is 0 Å². The number of rotatable bonds is 10. The smallest absolute Gasteiger partial charge is 0.254 e. The zero-order valence-corrected chi connectivity index (χ0v) is 18.0. The molecule has 3 amide bonds. The van der Waals surface area contributed by atoms with Crippen molar-refractivity contribution < 1.29 is 19.1 Å². The first-order valence-electron chi connectivity index (χ1n) is 9.84. The van der Waals surface area contributed by atoms with Crippen LogP contribution in [0.3, 0.4) is 0 Å². The van der Waals surface area contributed by atoms with Crippen LogP contribution in [0.15, 0.2) is 29.6 Å². The number of thiazole rings is 1. The Morgan fingerprint density at radius 2 is 2.00 bits per heavy atom. The summed E-state index contributed by atoms with van der Waals surface area (Å²) < 4.78 is 4.89. The van der Waals surface area contributed by atoms with Gasteiger partial charge >= 0.3 is 0 Å². The zero-order chi connectivity index (χ0) is 21.5. The van der Waals surface area contributed by atoms with Crippen molar-refractivity contribution in [3.05, 3.63) is 46.5 Å². The number of hydrogen-bond acceptors (Lipinski definition) is 6. The van der Waals surface area contributed by atoms with Crippen LogP contribution in [0, 0.1) is 6.92 Å². The number of carbonyl (C=O) groups is 3. The fourth-order valence-corrected chi connectivity index (χ4v) is 3.73.